The molecule has 1 atom stereocenters. The van der Waals surface area contributed by atoms with Gasteiger partial charge in [0.25, 0.3) is 0 Å². The molecule has 1 amide bonds. The largest absolute Gasteiger partial charge is 0.481 e. The second kappa shape index (κ2) is 6.57. The van der Waals surface area contributed by atoms with E-state index in [-0.39, 0.29) is 0 Å². The summed E-state index contributed by atoms with van der Waals surface area (Å²) in [6.45, 7) is -0.653. The van der Waals surface area contributed by atoms with Gasteiger partial charge in [0.15, 0.2) is 0 Å². The van der Waals surface area contributed by atoms with Crippen LogP contribution < -0.4 is 5.32 Å². The SMILES string of the molecule is O=C(O)C(CNC(=O)C(F)(F)F)c1cccc2ccc(Br)cc12. The number of fused-ring (bicyclic) bond motifs is 1. The van der Waals surface area contributed by atoms with Crippen molar-refractivity contribution in [3.63, 3.8) is 0 Å². The van der Waals surface area contributed by atoms with Gasteiger partial charge in [0.2, 0.25) is 0 Å². The molecule has 1 unspecified atom stereocenters. The highest BCUT2D eigenvalue weighted by atomic mass is 79.9. The van der Waals surface area contributed by atoms with Gasteiger partial charge in [-0.3, -0.25) is 9.59 Å². The highest BCUT2D eigenvalue weighted by molar-refractivity contribution is 9.10. The lowest BCUT2D eigenvalue weighted by atomic mass is 9.93. The molecule has 0 aliphatic carbocycles. The highest BCUT2D eigenvalue weighted by Gasteiger charge is 2.39. The average molecular weight is 390 g/mol. The van der Waals surface area contributed by atoms with Crippen LogP contribution in [0, 0.1) is 0 Å². The van der Waals surface area contributed by atoms with Gasteiger partial charge in [0.1, 0.15) is 0 Å². The monoisotopic (exact) mass is 389 g/mol. The summed E-state index contributed by atoms with van der Waals surface area (Å²) in [7, 11) is 0. The molecule has 2 N–H and O–H groups in total. The fourth-order valence-electron chi connectivity index (χ4n) is 2.20. The molecule has 2 rings (SSSR count). The number of hydrogen-bond acceptors (Lipinski definition) is 2. The number of nitrogens with one attached hydrogen (secondary N) is 1. The Morgan fingerprint density at radius 1 is 1.22 bits per heavy atom. The number of amides is 1. The molecule has 122 valence electrons. The molecule has 0 bridgehead atoms. The number of rotatable bonds is 4. The molecule has 0 aromatic heterocycles. The quantitative estimate of drug-likeness (QED) is 0.841. The first-order valence-corrected chi connectivity index (χ1v) is 7.25. The van der Waals surface area contributed by atoms with Crippen molar-refractivity contribution >= 4 is 38.6 Å². The third-order valence-corrected chi connectivity index (χ3v) is 3.77. The Balaban J connectivity index is 2.37. The third kappa shape index (κ3) is 4.01. The first kappa shape index (κ1) is 17.3. The zero-order chi connectivity index (χ0) is 17.2. The van der Waals surface area contributed by atoms with E-state index in [1.807, 2.05) is 0 Å². The van der Waals surface area contributed by atoms with E-state index in [9.17, 15) is 27.9 Å². The zero-order valence-electron chi connectivity index (χ0n) is 11.5. The van der Waals surface area contributed by atoms with Gasteiger partial charge in [-0.15, -0.1) is 0 Å². The molecular formula is C15H11BrF3NO3. The fourth-order valence-corrected chi connectivity index (χ4v) is 2.56. The maximum absolute atomic E-state index is 12.2. The minimum absolute atomic E-state index is 0.332. The fraction of sp³-hybridized carbons (Fsp3) is 0.200. The van der Waals surface area contributed by atoms with Crippen molar-refractivity contribution in [1.82, 2.24) is 5.32 Å². The smallest absolute Gasteiger partial charge is 0.471 e. The lowest BCUT2D eigenvalue weighted by Gasteiger charge is -2.17. The van der Waals surface area contributed by atoms with Crippen LogP contribution in [0.5, 0.6) is 0 Å². The van der Waals surface area contributed by atoms with Crippen molar-refractivity contribution in [2.24, 2.45) is 0 Å². The number of carboxylic acid groups (broad SMARTS) is 1. The Bertz CT molecular complexity index is 761. The minimum Gasteiger partial charge on any atom is -0.481 e. The molecule has 0 fully saturated rings. The summed E-state index contributed by atoms with van der Waals surface area (Å²) >= 11 is 3.28. The van der Waals surface area contributed by atoms with E-state index in [4.69, 9.17) is 0 Å². The second-order valence-corrected chi connectivity index (χ2v) is 5.73. The number of carboxylic acids is 1. The molecule has 4 nitrogen and oxygen atoms in total. The van der Waals surface area contributed by atoms with E-state index in [1.54, 1.807) is 35.6 Å². The molecule has 2 aromatic carbocycles. The standard InChI is InChI=1S/C15H11BrF3NO3/c16-9-5-4-8-2-1-3-10(11(8)6-9)12(13(21)22)7-20-14(23)15(17,18)19/h1-6,12H,7H2,(H,20,23)(H,21,22). The Labute approximate surface area is 137 Å². The van der Waals surface area contributed by atoms with E-state index in [1.165, 1.54) is 6.07 Å². The van der Waals surface area contributed by atoms with Crippen LogP contribution in [0.1, 0.15) is 11.5 Å². The lowest BCUT2D eigenvalue weighted by Crippen LogP contribution is -2.40. The Morgan fingerprint density at radius 2 is 1.91 bits per heavy atom. The molecule has 0 aliphatic rings. The minimum atomic E-state index is -5.05. The van der Waals surface area contributed by atoms with Crippen LogP contribution in [0.15, 0.2) is 40.9 Å². The number of hydrogen-bond donors (Lipinski definition) is 2. The summed E-state index contributed by atoms with van der Waals surface area (Å²) in [6.07, 6.45) is -5.05. The summed E-state index contributed by atoms with van der Waals surface area (Å²) < 4.78 is 37.4. The molecule has 0 saturated carbocycles. The van der Waals surface area contributed by atoms with E-state index >= 15 is 0 Å². The molecule has 0 heterocycles. The van der Waals surface area contributed by atoms with Crippen molar-refractivity contribution in [1.29, 1.82) is 0 Å². The van der Waals surface area contributed by atoms with Gasteiger partial charge in [-0.2, -0.15) is 13.2 Å². The van der Waals surface area contributed by atoms with Gasteiger partial charge >= 0.3 is 18.1 Å². The number of alkyl halides is 3. The summed E-state index contributed by atoms with van der Waals surface area (Å²) in [4.78, 5) is 22.4. The molecular weight excluding hydrogens is 379 g/mol. The number of halogens is 4. The third-order valence-electron chi connectivity index (χ3n) is 3.28. The van der Waals surface area contributed by atoms with E-state index in [0.29, 0.717) is 15.4 Å². The first-order valence-electron chi connectivity index (χ1n) is 6.46. The van der Waals surface area contributed by atoms with Gasteiger partial charge in [0, 0.05) is 11.0 Å². The van der Waals surface area contributed by atoms with Crippen LogP contribution in [0.2, 0.25) is 0 Å². The van der Waals surface area contributed by atoms with Crippen molar-refractivity contribution in [3.8, 4) is 0 Å². The number of carbonyl (C=O) groups excluding carboxylic acids is 1. The number of benzene rings is 2. The lowest BCUT2D eigenvalue weighted by molar-refractivity contribution is -0.173. The van der Waals surface area contributed by atoms with Gasteiger partial charge in [-0.1, -0.05) is 40.2 Å². The molecule has 0 spiro atoms. The van der Waals surface area contributed by atoms with Crippen molar-refractivity contribution in [2.75, 3.05) is 6.54 Å². The maximum Gasteiger partial charge on any atom is 0.471 e. The van der Waals surface area contributed by atoms with Crippen molar-refractivity contribution in [3.05, 3.63) is 46.4 Å². The van der Waals surface area contributed by atoms with Crippen LogP contribution in [0.4, 0.5) is 13.2 Å². The van der Waals surface area contributed by atoms with Gasteiger partial charge in [0.05, 0.1) is 5.92 Å². The van der Waals surface area contributed by atoms with Gasteiger partial charge in [-0.05, 0) is 28.5 Å². The molecule has 8 heteroatoms. The molecule has 0 radical (unpaired) electrons. The second-order valence-electron chi connectivity index (χ2n) is 4.81. The van der Waals surface area contributed by atoms with E-state index in [0.717, 1.165) is 5.39 Å². The topological polar surface area (TPSA) is 66.4 Å². The predicted octanol–water partition coefficient (Wildman–Crippen LogP) is 3.45. The number of carbonyl (C=O) groups is 2. The maximum atomic E-state index is 12.2. The molecule has 0 saturated heterocycles. The van der Waals surface area contributed by atoms with E-state index < -0.39 is 30.5 Å². The van der Waals surface area contributed by atoms with Crippen LogP contribution >= 0.6 is 15.9 Å². The Morgan fingerprint density at radius 3 is 2.52 bits per heavy atom. The summed E-state index contributed by atoms with van der Waals surface area (Å²) in [5, 5.41) is 12.3. The van der Waals surface area contributed by atoms with Crippen molar-refractivity contribution < 1.29 is 27.9 Å². The molecule has 0 aliphatic heterocycles. The van der Waals surface area contributed by atoms with Crippen LogP contribution in [0.25, 0.3) is 10.8 Å². The summed E-state index contributed by atoms with van der Waals surface area (Å²) in [5.74, 6) is -4.77. The number of aliphatic carboxylic acids is 1. The summed E-state index contributed by atoms with van der Waals surface area (Å²) in [6, 6.07) is 10.1. The predicted molar refractivity (Wildman–Crippen MR) is 81.1 cm³/mol. The first-order chi connectivity index (χ1) is 10.7. The average Bonchev–Trinajstić information content (AvgIpc) is 2.46. The van der Waals surface area contributed by atoms with Crippen LogP contribution in [-0.2, 0) is 9.59 Å². The highest BCUT2D eigenvalue weighted by Crippen LogP contribution is 2.28. The normalized spacial score (nSPS) is 12.9. The van der Waals surface area contributed by atoms with Crippen molar-refractivity contribution in [2.45, 2.75) is 12.1 Å². The van der Waals surface area contributed by atoms with E-state index in [2.05, 4.69) is 15.9 Å². The summed E-state index contributed by atoms with van der Waals surface area (Å²) in [5.41, 5.74) is 0.332. The zero-order valence-corrected chi connectivity index (χ0v) is 13.1. The van der Waals surface area contributed by atoms with Crippen LogP contribution in [0.3, 0.4) is 0 Å². The molecule has 2 aromatic rings. The Hall–Kier alpha value is -2.09. The van der Waals surface area contributed by atoms with Crippen LogP contribution in [-0.4, -0.2) is 29.7 Å². The Kier molecular flexibility index (Phi) is 4.93. The molecule has 23 heavy (non-hydrogen) atoms. The van der Waals surface area contributed by atoms with Gasteiger partial charge in [-0.25, -0.2) is 0 Å². The van der Waals surface area contributed by atoms with Gasteiger partial charge < -0.3 is 10.4 Å².